The Hall–Kier alpha value is -1.27. The van der Waals surface area contributed by atoms with Crippen LogP contribution in [-0.2, 0) is 10.0 Å². The summed E-state index contributed by atoms with van der Waals surface area (Å²) < 4.78 is 25.6. The minimum absolute atomic E-state index is 0.161. The lowest BCUT2D eigenvalue weighted by molar-refractivity contribution is 0.521. The Morgan fingerprint density at radius 3 is 2.26 bits per heavy atom. The summed E-state index contributed by atoms with van der Waals surface area (Å²) in [6, 6.07) is 5.38. The van der Waals surface area contributed by atoms with Crippen molar-refractivity contribution < 1.29 is 8.42 Å². The first kappa shape index (κ1) is 15.8. The van der Waals surface area contributed by atoms with Gasteiger partial charge in [-0.2, -0.15) is 0 Å². The second kappa shape index (κ2) is 5.79. The van der Waals surface area contributed by atoms with Crippen molar-refractivity contribution in [2.75, 3.05) is 31.3 Å². The SMILES string of the molecule is CCN(c1cccc(S(=O)(=O)N(C)C)c1N)C(C)C. The molecule has 0 aliphatic carbocycles. The Morgan fingerprint density at radius 2 is 1.84 bits per heavy atom. The maximum Gasteiger partial charge on any atom is 0.244 e. The number of rotatable bonds is 5. The van der Waals surface area contributed by atoms with Gasteiger partial charge in [-0.25, -0.2) is 12.7 Å². The molecule has 0 aliphatic rings. The number of hydrogen-bond donors (Lipinski definition) is 1. The number of sulfonamides is 1. The van der Waals surface area contributed by atoms with E-state index in [9.17, 15) is 8.42 Å². The third kappa shape index (κ3) is 3.01. The second-order valence-corrected chi connectivity index (χ2v) is 6.98. The number of nitrogens with two attached hydrogens (primary N) is 1. The van der Waals surface area contributed by atoms with Crippen LogP contribution in [0.3, 0.4) is 0 Å². The van der Waals surface area contributed by atoms with Gasteiger partial charge in [-0.15, -0.1) is 0 Å². The summed E-state index contributed by atoms with van der Waals surface area (Å²) in [6.45, 7) is 6.89. The van der Waals surface area contributed by atoms with Gasteiger partial charge in [-0.1, -0.05) is 6.07 Å². The van der Waals surface area contributed by atoms with Crippen LogP contribution in [0.5, 0.6) is 0 Å². The number of para-hydroxylation sites is 1. The van der Waals surface area contributed by atoms with Crippen molar-refractivity contribution in [1.29, 1.82) is 0 Å². The summed E-state index contributed by atoms with van der Waals surface area (Å²) >= 11 is 0. The van der Waals surface area contributed by atoms with E-state index in [-0.39, 0.29) is 10.9 Å². The summed E-state index contributed by atoms with van der Waals surface area (Å²) in [6.07, 6.45) is 0. The fourth-order valence-corrected chi connectivity index (χ4v) is 3.04. The molecule has 6 heteroatoms. The van der Waals surface area contributed by atoms with Gasteiger partial charge in [0.05, 0.1) is 11.4 Å². The lowest BCUT2D eigenvalue weighted by Crippen LogP contribution is -2.32. The quantitative estimate of drug-likeness (QED) is 0.837. The van der Waals surface area contributed by atoms with Gasteiger partial charge in [-0.05, 0) is 32.9 Å². The van der Waals surface area contributed by atoms with E-state index < -0.39 is 10.0 Å². The summed E-state index contributed by atoms with van der Waals surface area (Å²) in [5.74, 6) is 0. The van der Waals surface area contributed by atoms with E-state index in [1.54, 1.807) is 12.1 Å². The third-order valence-electron chi connectivity index (χ3n) is 3.08. The van der Waals surface area contributed by atoms with Crippen LogP contribution in [0, 0.1) is 0 Å². The minimum atomic E-state index is -3.52. The standard InChI is InChI=1S/C13H23N3O2S/c1-6-16(10(2)3)11-8-7-9-12(13(11)14)19(17,18)15(4)5/h7-10H,6,14H2,1-5H3. The molecule has 0 aliphatic heterocycles. The van der Waals surface area contributed by atoms with Crippen molar-refractivity contribution in [2.24, 2.45) is 0 Å². The molecule has 2 N–H and O–H groups in total. The van der Waals surface area contributed by atoms with Gasteiger partial charge in [0.2, 0.25) is 10.0 Å². The second-order valence-electron chi connectivity index (χ2n) is 4.86. The first-order valence-electron chi connectivity index (χ1n) is 6.31. The van der Waals surface area contributed by atoms with Gasteiger partial charge in [-0.3, -0.25) is 0 Å². The zero-order valence-corrected chi connectivity index (χ0v) is 13.0. The molecule has 0 saturated heterocycles. The summed E-state index contributed by atoms with van der Waals surface area (Å²) in [5, 5.41) is 0. The van der Waals surface area contributed by atoms with E-state index in [0.29, 0.717) is 5.69 Å². The molecule has 0 amide bonds. The molecular formula is C13H23N3O2S. The predicted molar refractivity (Wildman–Crippen MR) is 79.9 cm³/mol. The Balaban J connectivity index is 3.42. The normalized spacial score (nSPS) is 12.2. The van der Waals surface area contributed by atoms with Gasteiger partial charge in [0, 0.05) is 26.7 Å². The van der Waals surface area contributed by atoms with Crippen LogP contribution in [0.1, 0.15) is 20.8 Å². The van der Waals surface area contributed by atoms with Crippen LogP contribution in [0.4, 0.5) is 11.4 Å². The van der Waals surface area contributed by atoms with Gasteiger partial charge in [0.15, 0.2) is 0 Å². The van der Waals surface area contributed by atoms with E-state index in [1.165, 1.54) is 18.4 Å². The fraction of sp³-hybridized carbons (Fsp3) is 0.538. The molecule has 0 fully saturated rings. The highest BCUT2D eigenvalue weighted by Gasteiger charge is 2.23. The lowest BCUT2D eigenvalue weighted by atomic mass is 10.2. The maximum atomic E-state index is 12.2. The molecule has 0 aromatic heterocycles. The van der Waals surface area contributed by atoms with Gasteiger partial charge >= 0.3 is 0 Å². The first-order chi connectivity index (χ1) is 8.73. The van der Waals surface area contributed by atoms with E-state index in [2.05, 4.69) is 18.7 Å². The van der Waals surface area contributed by atoms with Crippen molar-refractivity contribution in [2.45, 2.75) is 31.7 Å². The smallest absolute Gasteiger partial charge is 0.244 e. The van der Waals surface area contributed by atoms with Gasteiger partial charge < -0.3 is 10.6 Å². The van der Waals surface area contributed by atoms with Crippen LogP contribution >= 0.6 is 0 Å². The lowest BCUT2D eigenvalue weighted by Gasteiger charge is -2.29. The molecule has 19 heavy (non-hydrogen) atoms. The van der Waals surface area contributed by atoms with Gasteiger partial charge in [0.25, 0.3) is 0 Å². The van der Waals surface area contributed by atoms with Crippen LogP contribution in [0.25, 0.3) is 0 Å². The highest BCUT2D eigenvalue weighted by molar-refractivity contribution is 7.89. The highest BCUT2D eigenvalue weighted by Crippen LogP contribution is 2.31. The molecule has 0 radical (unpaired) electrons. The van der Waals surface area contributed by atoms with Crippen molar-refractivity contribution in [3.63, 3.8) is 0 Å². The van der Waals surface area contributed by atoms with Crippen molar-refractivity contribution in [3.05, 3.63) is 18.2 Å². The van der Waals surface area contributed by atoms with Crippen LogP contribution in [-0.4, -0.2) is 39.4 Å². The molecule has 108 valence electrons. The number of nitrogen functional groups attached to an aromatic ring is 1. The molecule has 1 rings (SSSR count). The van der Waals surface area contributed by atoms with E-state index in [1.807, 2.05) is 13.0 Å². The monoisotopic (exact) mass is 285 g/mol. The Morgan fingerprint density at radius 1 is 1.26 bits per heavy atom. The Kier molecular flexibility index (Phi) is 4.81. The maximum absolute atomic E-state index is 12.2. The molecule has 0 heterocycles. The zero-order valence-electron chi connectivity index (χ0n) is 12.2. The minimum Gasteiger partial charge on any atom is -0.396 e. The van der Waals surface area contributed by atoms with Gasteiger partial charge in [0.1, 0.15) is 4.90 Å². The average Bonchev–Trinajstić information content (AvgIpc) is 2.31. The van der Waals surface area contributed by atoms with Crippen LogP contribution in [0.15, 0.2) is 23.1 Å². The summed E-state index contributed by atoms with van der Waals surface area (Å²) in [5.41, 5.74) is 7.15. The molecule has 0 saturated carbocycles. The molecule has 0 bridgehead atoms. The average molecular weight is 285 g/mol. The van der Waals surface area contributed by atoms with E-state index >= 15 is 0 Å². The number of hydrogen-bond acceptors (Lipinski definition) is 4. The van der Waals surface area contributed by atoms with Crippen molar-refractivity contribution in [3.8, 4) is 0 Å². The summed E-state index contributed by atoms with van der Waals surface area (Å²) in [7, 11) is -0.513. The molecule has 0 spiro atoms. The zero-order chi connectivity index (χ0) is 14.8. The topological polar surface area (TPSA) is 66.6 Å². The molecule has 5 nitrogen and oxygen atoms in total. The van der Waals surface area contributed by atoms with E-state index in [0.717, 1.165) is 12.2 Å². The number of nitrogens with zero attached hydrogens (tertiary/aromatic N) is 2. The molecule has 0 atom stereocenters. The molecular weight excluding hydrogens is 262 g/mol. The predicted octanol–water partition coefficient (Wildman–Crippen LogP) is 1.75. The van der Waals surface area contributed by atoms with Crippen molar-refractivity contribution >= 4 is 21.4 Å². The first-order valence-corrected chi connectivity index (χ1v) is 7.75. The fourth-order valence-electron chi connectivity index (χ4n) is 2.02. The highest BCUT2D eigenvalue weighted by atomic mass is 32.2. The Labute approximate surface area is 116 Å². The molecule has 1 aromatic carbocycles. The van der Waals surface area contributed by atoms with Crippen LogP contribution in [0.2, 0.25) is 0 Å². The van der Waals surface area contributed by atoms with Crippen LogP contribution < -0.4 is 10.6 Å². The van der Waals surface area contributed by atoms with Crippen molar-refractivity contribution in [1.82, 2.24) is 4.31 Å². The largest absolute Gasteiger partial charge is 0.396 e. The number of anilines is 2. The third-order valence-corrected chi connectivity index (χ3v) is 4.95. The summed E-state index contributed by atoms with van der Waals surface area (Å²) in [4.78, 5) is 2.23. The van der Waals surface area contributed by atoms with E-state index in [4.69, 9.17) is 5.73 Å². The Bertz CT molecular complexity index is 539. The molecule has 1 aromatic rings. The molecule has 0 unspecified atom stereocenters. The number of benzene rings is 1.